The summed E-state index contributed by atoms with van der Waals surface area (Å²) >= 11 is 0. The van der Waals surface area contributed by atoms with Crippen LogP contribution in [0.1, 0.15) is 18.4 Å². The molecule has 0 aromatic heterocycles. The highest BCUT2D eigenvalue weighted by molar-refractivity contribution is 5.82. The maximum absolute atomic E-state index is 13.5. The molecular formula is C24H29N3O2. The Morgan fingerprint density at radius 3 is 2.48 bits per heavy atom. The number of nitrogens with zero attached hydrogens (tertiary/aromatic N) is 3. The summed E-state index contributed by atoms with van der Waals surface area (Å²) in [6.07, 6.45) is 3.13. The number of amides is 1. The average molecular weight is 392 g/mol. The minimum atomic E-state index is 0.0315. The Labute approximate surface area is 172 Å². The number of carbonyl (C=O) groups excluding carboxylic acids is 1. The number of hydrogen-bond acceptors (Lipinski definition) is 4. The maximum atomic E-state index is 13.5. The number of methoxy groups -OCH3 is 1. The van der Waals surface area contributed by atoms with Crippen molar-refractivity contribution in [3.63, 3.8) is 0 Å². The van der Waals surface area contributed by atoms with Crippen LogP contribution < -0.4 is 14.5 Å². The molecule has 29 heavy (non-hydrogen) atoms. The van der Waals surface area contributed by atoms with Gasteiger partial charge in [0.05, 0.1) is 19.1 Å². The van der Waals surface area contributed by atoms with Crippen molar-refractivity contribution in [3.05, 3.63) is 54.1 Å². The van der Waals surface area contributed by atoms with E-state index in [-0.39, 0.29) is 12.0 Å². The zero-order valence-corrected chi connectivity index (χ0v) is 17.1. The number of piperazine rings is 1. The van der Waals surface area contributed by atoms with Gasteiger partial charge in [0.15, 0.2) is 0 Å². The van der Waals surface area contributed by atoms with Crippen LogP contribution in [-0.2, 0) is 11.2 Å². The smallest absolute Gasteiger partial charge is 0.228 e. The molecule has 5 rings (SSSR count). The van der Waals surface area contributed by atoms with Gasteiger partial charge < -0.3 is 19.4 Å². The van der Waals surface area contributed by atoms with Crippen LogP contribution >= 0.6 is 0 Å². The summed E-state index contributed by atoms with van der Waals surface area (Å²) in [4.78, 5) is 20.5. The van der Waals surface area contributed by atoms with Crippen molar-refractivity contribution in [1.29, 1.82) is 0 Å². The summed E-state index contributed by atoms with van der Waals surface area (Å²) in [6.45, 7) is 4.63. The third-order valence-electron chi connectivity index (χ3n) is 6.80. The van der Waals surface area contributed by atoms with E-state index in [1.165, 1.54) is 16.9 Å². The molecule has 0 N–H and O–H groups in total. The molecule has 3 heterocycles. The third-order valence-corrected chi connectivity index (χ3v) is 6.80. The van der Waals surface area contributed by atoms with Gasteiger partial charge in [-0.1, -0.05) is 18.2 Å². The molecule has 2 aromatic rings. The molecular weight excluding hydrogens is 362 g/mol. The minimum Gasteiger partial charge on any atom is -0.497 e. The van der Waals surface area contributed by atoms with Gasteiger partial charge in [-0.3, -0.25) is 4.79 Å². The second kappa shape index (κ2) is 7.62. The lowest BCUT2D eigenvalue weighted by atomic mass is 9.83. The van der Waals surface area contributed by atoms with Crippen molar-refractivity contribution in [3.8, 4) is 5.75 Å². The fraction of sp³-hybridized carbons (Fsp3) is 0.458. The fourth-order valence-electron chi connectivity index (χ4n) is 5.24. The van der Waals surface area contributed by atoms with Gasteiger partial charge in [-0.25, -0.2) is 0 Å². The van der Waals surface area contributed by atoms with Crippen LogP contribution in [0.15, 0.2) is 48.5 Å². The van der Waals surface area contributed by atoms with E-state index in [0.717, 1.165) is 57.7 Å². The Morgan fingerprint density at radius 2 is 1.72 bits per heavy atom. The first kappa shape index (κ1) is 18.3. The topological polar surface area (TPSA) is 36.0 Å². The molecule has 3 aliphatic heterocycles. The van der Waals surface area contributed by atoms with E-state index in [1.807, 2.05) is 12.1 Å². The van der Waals surface area contributed by atoms with E-state index in [1.54, 1.807) is 7.11 Å². The molecule has 0 radical (unpaired) electrons. The van der Waals surface area contributed by atoms with Crippen LogP contribution in [-0.4, -0.2) is 56.7 Å². The first-order valence-corrected chi connectivity index (χ1v) is 10.8. The van der Waals surface area contributed by atoms with Gasteiger partial charge in [0.25, 0.3) is 0 Å². The highest BCUT2D eigenvalue weighted by Gasteiger charge is 2.43. The Hall–Kier alpha value is -2.69. The lowest BCUT2D eigenvalue weighted by molar-refractivity contribution is -0.135. The van der Waals surface area contributed by atoms with Crippen LogP contribution in [0, 0.1) is 5.92 Å². The van der Waals surface area contributed by atoms with E-state index in [2.05, 4.69) is 51.1 Å². The number of hydrogen-bond donors (Lipinski definition) is 0. The quantitative estimate of drug-likeness (QED) is 0.805. The van der Waals surface area contributed by atoms with Crippen molar-refractivity contribution >= 4 is 17.3 Å². The number of anilines is 2. The van der Waals surface area contributed by atoms with Gasteiger partial charge in [0.1, 0.15) is 5.75 Å². The molecule has 152 valence electrons. The van der Waals surface area contributed by atoms with E-state index in [9.17, 15) is 4.79 Å². The standard InChI is InChI=1S/C24H29N3O2/c1-29-20-10-8-19(9-11-20)26-14-15-27-22-7-3-2-6-18(22)16-21(23(27)17-26)24(28)25-12-4-5-13-25/h2-3,6-11,21,23H,4-5,12-17H2,1H3/t21-,23+/m0/s1. The summed E-state index contributed by atoms with van der Waals surface area (Å²) in [5.74, 6) is 1.26. The highest BCUT2D eigenvalue weighted by atomic mass is 16.5. The Bertz CT molecular complexity index is 876. The molecule has 3 aliphatic rings. The summed E-state index contributed by atoms with van der Waals surface area (Å²) in [5, 5.41) is 0. The van der Waals surface area contributed by atoms with Crippen LogP contribution in [0.25, 0.3) is 0 Å². The maximum Gasteiger partial charge on any atom is 0.228 e. The number of ether oxygens (including phenoxy) is 1. The monoisotopic (exact) mass is 391 g/mol. The first-order chi connectivity index (χ1) is 14.2. The van der Waals surface area contributed by atoms with Gasteiger partial charge in [-0.15, -0.1) is 0 Å². The van der Waals surface area contributed by atoms with Crippen molar-refractivity contribution < 1.29 is 9.53 Å². The zero-order chi connectivity index (χ0) is 19.8. The van der Waals surface area contributed by atoms with Crippen molar-refractivity contribution in [2.45, 2.75) is 25.3 Å². The molecule has 0 unspecified atom stereocenters. The number of rotatable bonds is 3. The first-order valence-electron chi connectivity index (χ1n) is 10.8. The highest BCUT2D eigenvalue weighted by Crippen LogP contribution is 2.38. The number of benzene rings is 2. The number of fused-ring (bicyclic) bond motifs is 3. The van der Waals surface area contributed by atoms with Crippen molar-refractivity contribution in [2.24, 2.45) is 5.92 Å². The predicted molar refractivity (Wildman–Crippen MR) is 116 cm³/mol. The third kappa shape index (κ3) is 3.33. The van der Waals surface area contributed by atoms with Crippen LogP contribution in [0.2, 0.25) is 0 Å². The van der Waals surface area contributed by atoms with E-state index in [4.69, 9.17) is 4.74 Å². The Morgan fingerprint density at radius 1 is 0.966 bits per heavy atom. The van der Waals surface area contributed by atoms with E-state index < -0.39 is 0 Å². The molecule has 2 atom stereocenters. The van der Waals surface area contributed by atoms with Crippen molar-refractivity contribution in [2.75, 3.05) is 49.6 Å². The largest absolute Gasteiger partial charge is 0.497 e. The molecule has 0 bridgehead atoms. The molecule has 2 aromatic carbocycles. The Balaban J connectivity index is 1.44. The summed E-state index contributed by atoms with van der Waals surface area (Å²) in [5.41, 5.74) is 3.84. The SMILES string of the molecule is COc1ccc(N2CCN3c4ccccc4C[C@H](C(=O)N4CCCC4)[C@H]3C2)cc1. The average Bonchev–Trinajstić information content (AvgIpc) is 3.33. The molecule has 0 aliphatic carbocycles. The lowest BCUT2D eigenvalue weighted by Crippen LogP contribution is -2.61. The zero-order valence-electron chi connectivity index (χ0n) is 17.1. The van der Waals surface area contributed by atoms with Gasteiger partial charge >= 0.3 is 0 Å². The van der Waals surface area contributed by atoms with E-state index >= 15 is 0 Å². The predicted octanol–water partition coefficient (Wildman–Crippen LogP) is 3.19. The lowest BCUT2D eigenvalue weighted by Gasteiger charge is -2.50. The fourth-order valence-corrected chi connectivity index (χ4v) is 5.24. The van der Waals surface area contributed by atoms with Crippen LogP contribution in [0.3, 0.4) is 0 Å². The molecule has 5 nitrogen and oxygen atoms in total. The van der Waals surface area contributed by atoms with Gasteiger partial charge in [-0.2, -0.15) is 0 Å². The minimum absolute atomic E-state index is 0.0315. The molecule has 5 heteroatoms. The number of carbonyl (C=O) groups is 1. The van der Waals surface area contributed by atoms with Gasteiger partial charge in [0.2, 0.25) is 5.91 Å². The summed E-state index contributed by atoms with van der Waals surface area (Å²) in [6, 6.07) is 17.2. The van der Waals surface area contributed by atoms with E-state index in [0.29, 0.717) is 5.91 Å². The second-order valence-corrected chi connectivity index (χ2v) is 8.38. The molecule has 0 saturated carbocycles. The van der Waals surface area contributed by atoms with Gasteiger partial charge in [-0.05, 0) is 55.2 Å². The molecule has 2 fully saturated rings. The number of para-hydroxylation sites is 1. The normalized spacial score (nSPS) is 23.6. The van der Waals surface area contributed by atoms with Crippen LogP contribution in [0.5, 0.6) is 5.75 Å². The molecule has 0 spiro atoms. The number of likely N-dealkylation sites (tertiary alicyclic amines) is 1. The summed E-state index contributed by atoms with van der Waals surface area (Å²) in [7, 11) is 1.70. The molecule has 1 amide bonds. The van der Waals surface area contributed by atoms with Crippen molar-refractivity contribution in [1.82, 2.24) is 4.90 Å². The second-order valence-electron chi connectivity index (χ2n) is 8.38. The Kier molecular flexibility index (Phi) is 4.82. The van der Waals surface area contributed by atoms with Crippen LogP contribution in [0.4, 0.5) is 11.4 Å². The summed E-state index contributed by atoms with van der Waals surface area (Å²) < 4.78 is 5.31. The molecule has 2 saturated heterocycles. The van der Waals surface area contributed by atoms with Gasteiger partial charge in [0, 0.05) is 44.1 Å².